The van der Waals surface area contributed by atoms with Crippen LogP contribution in [0, 0.1) is 5.92 Å². The van der Waals surface area contributed by atoms with Crippen LogP contribution in [0.25, 0.3) is 0 Å². The lowest BCUT2D eigenvalue weighted by Crippen LogP contribution is -2.46. The summed E-state index contributed by atoms with van der Waals surface area (Å²) in [6.45, 7) is 3.40. The molecule has 1 rings (SSSR count). The van der Waals surface area contributed by atoms with Crippen molar-refractivity contribution in [1.82, 2.24) is 5.32 Å². The van der Waals surface area contributed by atoms with Gasteiger partial charge >= 0.3 is 12.0 Å². The van der Waals surface area contributed by atoms with Crippen LogP contribution in [-0.4, -0.2) is 23.1 Å². The Morgan fingerprint density at radius 1 is 1.26 bits per heavy atom. The van der Waals surface area contributed by atoms with Crippen molar-refractivity contribution in [2.24, 2.45) is 5.92 Å². The fraction of sp³-hybridized carbons (Fsp3) is 0.333. The lowest BCUT2D eigenvalue weighted by Gasteiger charge is -2.18. The molecule has 0 heterocycles. The first-order valence-corrected chi connectivity index (χ1v) is 6.32. The summed E-state index contributed by atoms with van der Waals surface area (Å²) in [4.78, 5) is 22.7. The van der Waals surface area contributed by atoms with E-state index in [0.29, 0.717) is 15.7 Å². The predicted molar refractivity (Wildman–Crippen MR) is 74.9 cm³/mol. The van der Waals surface area contributed by atoms with Crippen LogP contribution in [0.15, 0.2) is 18.2 Å². The Hall–Kier alpha value is -1.46. The van der Waals surface area contributed by atoms with E-state index in [2.05, 4.69) is 10.6 Å². The molecule has 0 radical (unpaired) electrons. The van der Waals surface area contributed by atoms with E-state index in [-0.39, 0.29) is 5.92 Å². The molecule has 0 aliphatic rings. The van der Waals surface area contributed by atoms with E-state index in [0.717, 1.165) is 0 Å². The standard InChI is InChI=1S/C12H14Cl2N2O3/c1-6(2)10(11(17)18)16-12(19)15-9-5-7(13)3-4-8(9)14/h3-6,10H,1-2H3,(H,17,18)(H2,15,16,19). The number of nitrogens with one attached hydrogen (secondary N) is 2. The van der Waals surface area contributed by atoms with E-state index in [4.69, 9.17) is 28.3 Å². The lowest BCUT2D eigenvalue weighted by molar-refractivity contribution is -0.140. The summed E-state index contributed by atoms with van der Waals surface area (Å²) < 4.78 is 0. The van der Waals surface area contributed by atoms with Gasteiger partial charge in [-0.3, -0.25) is 0 Å². The Morgan fingerprint density at radius 3 is 2.42 bits per heavy atom. The van der Waals surface area contributed by atoms with E-state index in [1.807, 2.05) is 0 Å². The Kier molecular flexibility index (Phi) is 5.44. The number of rotatable bonds is 4. The number of amides is 2. The van der Waals surface area contributed by atoms with Gasteiger partial charge < -0.3 is 15.7 Å². The van der Waals surface area contributed by atoms with Gasteiger partial charge in [-0.05, 0) is 24.1 Å². The number of benzene rings is 1. The molecule has 0 bridgehead atoms. The highest BCUT2D eigenvalue weighted by Crippen LogP contribution is 2.25. The quantitative estimate of drug-likeness (QED) is 0.799. The summed E-state index contributed by atoms with van der Waals surface area (Å²) in [5, 5.41) is 14.5. The second-order valence-corrected chi connectivity index (χ2v) is 5.13. The maximum Gasteiger partial charge on any atom is 0.326 e. The molecule has 2 amide bonds. The molecule has 7 heteroatoms. The fourth-order valence-electron chi connectivity index (χ4n) is 1.41. The first-order valence-electron chi connectivity index (χ1n) is 5.56. The van der Waals surface area contributed by atoms with Gasteiger partial charge in [0.2, 0.25) is 0 Å². The van der Waals surface area contributed by atoms with E-state index < -0.39 is 18.0 Å². The number of halogens is 2. The fourth-order valence-corrected chi connectivity index (χ4v) is 1.74. The van der Waals surface area contributed by atoms with Crippen molar-refractivity contribution in [2.75, 3.05) is 5.32 Å². The molecule has 0 aliphatic carbocycles. The van der Waals surface area contributed by atoms with Gasteiger partial charge in [0.1, 0.15) is 6.04 Å². The number of carboxylic acid groups (broad SMARTS) is 1. The molecule has 3 N–H and O–H groups in total. The molecule has 1 aromatic rings. The first-order chi connectivity index (χ1) is 8.81. The van der Waals surface area contributed by atoms with Crippen LogP contribution in [0.5, 0.6) is 0 Å². The van der Waals surface area contributed by atoms with Gasteiger partial charge in [-0.2, -0.15) is 0 Å². The molecule has 0 spiro atoms. The van der Waals surface area contributed by atoms with Gasteiger partial charge in [-0.15, -0.1) is 0 Å². The van der Waals surface area contributed by atoms with Crippen LogP contribution < -0.4 is 10.6 Å². The summed E-state index contributed by atoms with van der Waals surface area (Å²) in [5.41, 5.74) is 0.319. The molecule has 0 saturated heterocycles. The summed E-state index contributed by atoms with van der Waals surface area (Å²) in [5.74, 6) is -1.33. The third kappa shape index (κ3) is 4.61. The Labute approximate surface area is 120 Å². The number of aliphatic carboxylic acids is 1. The topological polar surface area (TPSA) is 78.4 Å². The van der Waals surface area contributed by atoms with E-state index >= 15 is 0 Å². The van der Waals surface area contributed by atoms with Crippen LogP contribution >= 0.6 is 23.2 Å². The van der Waals surface area contributed by atoms with Crippen LogP contribution in [0.4, 0.5) is 10.5 Å². The predicted octanol–water partition coefficient (Wildman–Crippen LogP) is 3.22. The Balaban J connectivity index is 2.74. The third-order valence-corrected chi connectivity index (χ3v) is 2.96. The summed E-state index contributed by atoms with van der Waals surface area (Å²) in [7, 11) is 0. The van der Waals surface area contributed by atoms with Crippen molar-refractivity contribution in [3.8, 4) is 0 Å². The molecule has 1 atom stereocenters. The number of hydrogen-bond donors (Lipinski definition) is 3. The number of carbonyl (C=O) groups excluding carboxylic acids is 1. The number of anilines is 1. The minimum absolute atomic E-state index is 0.238. The van der Waals surface area contributed by atoms with Crippen molar-refractivity contribution in [1.29, 1.82) is 0 Å². The van der Waals surface area contributed by atoms with Gasteiger partial charge in [-0.1, -0.05) is 37.0 Å². The zero-order valence-corrected chi connectivity index (χ0v) is 11.9. The monoisotopic (exact) mass is 304 g/mol. The van der Waals surface area contributed by atoms with Gasteiger partial charge in [0.25, 0.3) is 0 Å². The maximum atomic E-state index is 11.7. The van der Waals surface area contributed by atoms with E-state index in [1.54, 1.807) is 19.9 Å². The molecule has 1 aromatic carbocycles. The number of hydrogen-bond acceptors (Lipinski definition) is 2. The molecule has 0 saturated carbocycles. The Bertz CT molecular complexity index is 492. The second kappa shape index (κ2) is 6.63. The van der Waals surface area contributed by atoms with Crippen molar-refractivity contribution in [3.05, 3.63) is 28.2 Å². The minimum atomic E-state index is -1.10. The molecule has 5 nitrogen and oxygen atoms in total. The van der Waals surface area contributed by atoms with Crippen LogP contribution in [0.3, 0.4) is 0 Å². The average molecular weight is 305 g/mol. The van der Waals surface area contributed by atoms with E-state index in [9.17, 15) is 9.59 Å². The lowest BCUT2D eigenvalue weighted by atomic mass is 10.1. The second-order valence-electron chi connectivity index (χ2n) is 4.28. The number of carboxylic acids is 1. The summed E-state index contributed by atoms with van der Waals surface area (Å²) in [6.07, 6.45) is 0. The van der Waals surface area contributed by atoms with Gasteiger partial charge in [0, 0.05) is 5.02 Å². The highest BCUT2D eigenvalue weighted by molar-refractivity contribution is 6.35. The van der Waals surface area contributed by atoms with E-state index in [1.165, 1.54) is 12.1 Å². The summed E-state index contributed by atoms with van der Waals surface area (Å²) in [6, 6.07) is 2.98. The van der Waals surface area contributed by atoms with Crippen molar-refractivity contribution in [3.63, 3.8) is 0 Å². The molecule has 0 aromatic heterocycles. The van der Waals surface area contributed by atoms with Crippen LogP contribution in [0.2, 0.25) is 10.0 Å². The van der Waals surface area contributed by atoms with Gasteiger partial charge in [0.15, 0.2) is 0 Å². The Morgan fingerprint density at radius 2 is 1.89 bits per heavy atom. The number of carbonyl (C=O) groups is 2. The third-order valence-electron chi connectivity index (χ3n) is 2.40. The van der Waals surface area contributed by atoms with Gasteiger partial charge in [-0.25, -0.2) is 9.59 Å². The minimum Gasteiger partial charge on any atom is -0.480 e. The zero-order chi connectivity index (χ0) is 14.6. The summed E-state index contributed by atoms with van der Waals surface area (Å²) >= 11 is 11.7. The van der Waals surface area contributed by atoms with Gasteiger partial charge in [0.05, 0.1) is 10.7 Å². The average Bonchev–Trinajstić information content (AvgIpc) is 2.30. The molecule has 0 fully saturated rings. The molecule has 0 aliphatic heterocycles. The first kappa shape index (κ1) is 15.6. The molecular weight excluding hydrogens is 291 g/mol. The number of urea groups is 1. The van der Waals surface area contributed by atoms with Crippen molar-refractivity contribution in [2.45, 2.75) is 19.9 Å². The largest absolute Gasteiger partial charge is 0.480 e. The highest BCUT2D eigenvalue weighted by atomic mass is 35.5. The smallest absolute Gasteiger partial charge is 0.326 e. The highest BCUT2D eigenvalue weighted by Gasteiger charge is 2.23. The van der Waals surface area contributed by atoms with Crippen molar-refractivity contribution < 1.29 is 14.7 Å². The SMILES string of the molecule is CC(C)C(NC(=O)Nc1cc(Cl)ccc1Cl)C(=O)O. The van der Waals surface area contributed by atoms with Crippen molar-refractivity contribution >= 4 is 40.9 Å². The zero-order valence-electron chi connectivity index (χ0n) is 10.4. The molecule has 104 valence electrons. The molecular formula is C12H14Cl2N2O3. The van der Waals surface area contributed by atoms with Crippen LogP contribution in [-0.2, 0) is 4.79 Å². The normalized spacial score (nSPS) is 12.1. The molecule has 1 unspecified atom stereocenters. The maximum absolute atomic E-state index is 11.7. The molecule has 19 heavy (non-hydrogen) atoms. The van der Waals surface area contributed by atoms with Crippen LogP contribution in [0.1, 0.15) is 13.8 Å².